The molecule has 1 amide bonds. The summed E-state index contributed by atoms with van der Waals surface area (Å²) in [6.07, 6.45) is 3.05. The molecule has 0 atom stereocenters. The molecule has 0 saturated heterocycles. The first-order chi connectivity index (χ1) is 11.5. The van der Waals surface area contributed by atoms with Gasteiger partial charge in [-0.15, -0.1) is 0 Å². The van der Waals surface area contributed by atoms with Gasteiger partial charge in [-0.2, -0.15) is 0 Å². The Balaban J connectivity index is 1.75. The van der Waals surface area contributed by atoms with Crippen molar-refractivity contribution < 1.29 is 19.2 Å². The van der Waals surface area contributed by atoms with Gasteiger partial charge in [0.1, 0.15) is 0 Å². The predicted molar refractivity (Wildman–Crippen MR) is 87.9 cm³/mol. The van der Waals surface area contributed by atoms with Gasteiger partial charge in [0.25, 0.3) is 5.91 Å². The molecule has 0 aliphatic heterocycles. The maximum atomic E-state index is 12.4. The number of carboxylic acids is 1. The van der Waals surface area contributed by atoms with Crippen LogP contribution in [0.3, 0.4) is 0 Å². The zero-order valence-electron chi connectivity index (χ0n) is 12.9. The molecule has 1 heterocycles. The summed E-state index contributed by atoms with van der Waals surface area (Å²) in [6, 6.07) is 8.53. The highest BCUT2D eigenvalue weighted by Gasteiger charge is 2.38. The van der Waals surface area contributed by atoms with Crippen molar-refractivity contribution in [2.75, 3.05) is 0 Å². The molecule has 24 heavy (non-hydrogen) atoms. The monoisotopic (exact) mass is 348 g/mol. The van der Waals surface area contributed by atoms with Gasteiger partial charge >= 0.3 is 5.97 Å². The smallest absolute Gasteiger partial charge is 0.305 e. The average Bonchev–Trinajstić information content (AvgIpc) is 3.17. The highest BCUT2D eigenvalue weighted by molar-refractivity contribution is 6.30. The Morgan fingerprint density at radius 3 is 2.54 bits per heavy atom. The van der Waals surface area contributed by atoms with Crippen molar-refractivity contribution in [3.05, 3.63) is 41.0 Å². The Labute approximate surface area is 143 Å². The van der Waals surface area contributed by atoms with E-state index in [1.807, 2.05) is 0 Å². The Morgan fingerprint density at radius 2 is 1.92 bits per heavy atom. The molecule has 1 saturated carbocycles. The van der Waals surface area contributed by atoms with E-state index in [0.29, 0.717) is 23.6 Å². The molecule has 0 spiro atoms. The SMILES string of the molecule is O=C(O)CC1(NC(=O)c2cc(-c3ccc(Cl)cc3)on2)CCCC1. The number of aromatic nitrogens is 1. The zero-order chi connectivity index (χ0) is 17.2. The fourth-order valence-electron chi connectivity index (χ4n) is 3.12. The second-order valence-corrected chi connectivity index (χ2v) is 6.53. The zero-order valence-corrected chi connectivity index (χ0v) is 13.7. The van der Waals surface area contributed by atoms with Crippen molar-refractivity contribution in [1.29, 1.82) is 0 Å². The Hall–Kier alpha value is -2.34. The van der Waals surface area contributed by atoms with Crippen LogP contribution in [0.5, 0.6) is 0 Å². The molecule has 126 valence electrons. The number of amides is 1. The predicted octanol–water partition coefficient (Wildman–Crippen LogP) is 3.51. The summed E-state index contributed by atoms with van der Waals surface area (Å²) < 4.78 is 5.22. The van der Waals surface area contributed by atoms with Gasteiger partial charge in [-0.25, -0.2) is 0 Å². The lowest BCUT2D eigenvalue weighted by Gasteiger charge is -2.28. The maximum Gasteiger partial charge on any atom is 0.305 e. The maximum absolute atomic E-state index is 12.4. The van der Waals surface area contributed by atoms with Gasteiger partial charge in [-0.3, -0.25) is 9.59 Å². The van der Waals surface area contributed by atoms with Crippen LogP contribution in [-0.2, 0) is 4.79 Å². The largest absolute Gasteiger partial charge is 0.481 e. The molecule has 1 aromatic carbocycles. The van der Waals surface area contributed by atoms with Gasteiger partial charge in [0, 0.05) is 16.7 Å². The first-order valence-corrected chi connectivity index (χ1v) is 8.12. The lowest BCUT2D eigenvalue weighted by molar-refractivity contribution is -0.138. The number of carboxylic acid groups (broad SMARTS) is 1. The number of nitrogens with zero attached hydrogens (tertiary/aromatic N) is 1. The summed E-state index contributed by atoms with van der Waals surface area (Å²) in [7, 11) is 0. The van der Waals surface area contributed by atoms with Gasteiger partial charge in [0.2, 0.25) is 0 Å². The number of benzene rings is 1. The third-order valence-corrected chi connectivity index (χ3v) is 4.55. The van der Waals surface area contributed by atoms with Crippen LogP contribution in [0.2, 0.25) is 5.02 Å². The minimum Gasteiger partial charge on any atom is -0.481 e. The minimum atomic E-state index is -0.917. The van der Waals surface area contributed by atoms with Crippen molar-refractivity contribution in [3.63, 3.8) is 0 Å². The number of carbonyl (C=O) groups excluding carboxylic acids is 1. The van der Waals surface area contributed by atoms with Crippen LogP contribution in [0.1, 0.15) is 42.6 Å². The van der Waals surface area contributed by atoms with Crippen molar-refractivity contribution in [3.8, 4) is 11.3 Å². The van der Waals surface area contributed by atoms with E-state index in [2.05, 4.69) is 10.5 Å². The molecule has 1 aromatic heterocycles. The Kier molecular flexibility index (Phi) is 4.57. The molecule has 7 heteroatoms. The summed E-state index contributed by atoms with van der Waals surface area (Å²) in [5, 5.41) is 16.4. The van der Waals surface area contributed by atoms with E-state index in [0.717, 1.165) is 18.4 Å². The molecule has 1 aliphatic rings. The number of nitrogens with one attached hydrogen (secondary N) is 1. The van der Waals surface area contributed by atoms with Gasteiger partial charge in [0.15, 0.2) is 11.5 Å². The van der Waals surface area contributed by atoms with Crippen LogP contribution in [0.15, 0.2) is 34.9 Å². The highest BCUT2D eigenvalue weighted by atomic mass is 35.5. The number of halogens is 1. The summed E-state index contributed by atoms with van der Waals surface area (Å²) in [6.45, 7) is 0. The van der Waals surface area contributed by atoms with Crippen LogP contribution in [0, 0.1) is 0 Å². The molecular formula is C17H17ClN2O4. The van der Waals surface area contributed by atoms with E-state index in [1.165, 1.54) is 0 Å². The first kappa shape index (κ1) is 16.5. The van der Waals surface area contributed by atoms with Crippen LogP contribution < -0.4 is 5.32 Å². The fourth-order valence-corrected chi connectivity index (χ4v) is 3.25. The van der Waals surface area contributed by atoms with E-state index in [-0.39, 0.29) is 12.1 Å². The van der Waals surface area contributed by atoms with E-state index >= 15 is 0 Å². The summed E-state index contributed by atoms with van der Waals surface area (Å²) in [5.74, 6) is -0.878. The topological polar surface area (TPSA) is 92.4 Å². The van der Waals surface area contributed by atoms with Crippen molar-refractivity contribution in [2.45, 2.75) is 37.6 Å². The minimum absolute atomic E-state index is 0.0827. The van der Waals surface area contributed by atoms with Crippen molar-refractivity contribution in [2.24, 2.45) is 0 Å². The van der Waals surface area contributed by atoms with Crippen molar-refractivity contribution >= 4 is 23.5 Å². The summed E-state index contributed by atoms with van der Waals surface area (Å²) in [4.78, 5) is 23.5. The van der Waals surface area contributed by atoms with Gasteiger partial charge in [0.05, 0.1) is 12.0 Å². The van der Waals surface area contributed by atoms with Crippen LogP contribution in [0.25, 0.3) is 11.3 Å². The van der Waals surface area contributed by atoms with Crippen LogP contribution in [-0.4, -0.2) is 27.7 Å². The van der Waals surface area contributed by atoms with Gasteiger partial charge in [-0.1, -0.05) is 29.6 Å². The molecule has 2 aromatic rings. The lowest BCUT2D eigenvalue weighted by atomic mass is 9.93. The third kappa shape index (κ3) is 3.59. The summed E-state index contributed by atoms with van der Waals surface area (Å²) in [5.41, 5.74) is 0.200. The van der Waals surface area contributed by atoms with E-state index < -0.39 is 17.4 Å². The van der Waals surface area contributed by atoms with Crippen LogP contribution in [0.4, 0.5) is 0 Å². The van der Waals surface area contributed by atoms with Gasteiger partial charge in [-0.05, 0) is 37.1 Å². The van der Waals surface area contributed by atoms with E-state index in [9.17, 15) is 9.59 Å². The number of hydrogen-bond donors (Lipinski definition) is 2. The molecule has 0 bridgehead atoms. The van der Waals surface area contributed by atoms with Crippen LogP contribution >= 0.6 is 11.6 Å². The highest BCUT2D eigenvalue weighted by Crippen LogP contribution is 2.33. The van der Waals surface area contributed by atoms with E-state index in [1.54, 1.807) is 30.3 Å². The molecular weight excluding hydrogens is 332 g/mol. The molecule has 6 nitrogen and oxygen atoms in total. The first-order valence-electron chi connectivity index (χ1n) is 7.74. The molecule has 1 aliphatic carbocycles. The number of hydrogen-bond acceptors (Lipinski definition) is 4. The fraction of sp³-hybridized carbons (Fsp3) is 0.353. The summed E-state index contributed by atoms with van der Waals surface area (Å²) >= 11 is 5.85. The molecule has 0 unspecified atom stereocenters. The normalized spacial score (nSPS) is 16.0. The Morgan fingerprint density at radius 1 is 1.25 bits per heavy atom. The average molecular weight is 349 g/mol. The molecule has 2 N–H and O–H groups in total. The van der Waals surface area contributed by atoms with Gasteiger partial charge < -0.3 is 14.9 Å². The molecule has 1 fully saturated rings. The van der Waals surface area contributed by atoms with Crippen molar-refractivity contribution in [1.82, 2.24) is 10.5 Å². The second kappa shape index (κ2) is 6.65. The Bertz CT molecular complexity index is 748. The number of carbonyl (C=O) groups is 2. The molecule has 0 radical (unpaired) electrons. The number of rotatable bonds is 5. The third-order valence-electron chi connectivity index (χ3n) is 4.30. The molecule has 3 rings (SSSR count). The van der Waals surface area contributed by atoms with E-state index in [4.69, 9.17) is 21.2 Å². The number of aliphatic carboxylic acids is 1. The second-order valence-electron chi connectivity index (χ2n) is 6.10. The lowest BCUT2D eigenvalue weighted by Crippen LogP contribution is -2.47. The standard InChI is InChI=1S/C17H17ClN2O4/c18-12-5-3-11(4-6-12)14-9-13(20-24-14)16(23)19-17(10-15(21)22)7-1-2-8-17/h3-6,9H,1-2,7-8,10H2,(H,19,23)(H,21,22). The quantitative estimate of drug-likeness (QED) is 0.862.